The van der Waals surface area contributed by atoms with Gasteiger partial charge in [-0.25, -0.2) is 4.39 Å². The molecule has 0 aliphatic rings. The summed E-state index contributed by atoms with van der Waals surface area (Å²) < 4.78 is 80.0. The van der Waals surface area contributed by atoms with Crippen LogP contribution in [0.4, 0.5) is 26.3 Å². The molecular weight excluding hydrogens is 368 g/mol. The van der Waals surface area contributed by atoms with Gasteiger partial charge in [0.05, 0.1) is 10.6 Å². The first-order valence-corrected chi connectivity index (χ1v) is 7.64. The van der Waals surface area contributed by atoms with Crippen molar-refractivity contribution in [3.63, 3.8) is 0 Å². The lowest BCUT2D eigenvalue weighted by atomic mass is 10.1. The second-order valence-corrected chi connectivity index (χ2v) is 5.79. The lowest BCUT2D eigenvalue weighted by Crippen LogP contribution is -2.45. The van der Waals surface area contributed by atoms with Crippen molar-refractivity contribution in [1.82, 2.24) is 5.32 Å². The smallest absolute Gasteiger partial charge is 0.252 e. The Balaban J connectivity index is 2.07. The van der Waals surface area contributed by atoms with E-state index in [1.54, 1.807) is 23.5 Å². The fourth-order valence-electron chi connectivity index (χ4n) is 2.21. The number of rotatable bonds is 6. The number of hydrogen-bond acceptors (Lipinski definition) is 1. The average molecular weight is 382 g/mol. The molecule has 0 aliphatic heterocycles. The van der Waals surface area contributed by atoms with Gasteiger partial charge in [0.15, 0.2) is 6.17 Å². The molecule has 25 heavy (non-hydrogen) atoms. The molecule has 0 saturated carbocycles. The lowest BCUT2D eigenvalue weighted by molar-refractivity contribution is -0.137. The summed E-state index contributed by atoms with van der Waals surface area (Å²) in [5, 5.41) is 0.971. The summed E-state index contributed by atoms with van der Waals surface area (Å²) in [5.74, 6) is 0. The molecule has 0 heterocycles. The highest BCUT2D eigenvalue weighted by Crippen LogP contribution is 2.36. The van der Waals surface area contributed by atoms with E-state index in [0.29, 0.717) is 5.56 Å². The summed E-state index contributed by atoms with van der Waals surface area (Å²) >= 11 is 5.63. The van der Waals surface area contributed by atoms with Gasteiger partial charge < -0.3 is 0 Å². The zero-order valence-electron chi connectivity index (χ0n) is 12.8. The number of nitrogens with one attached hydrogen (secondary N) is 1. The quantitative estimate of drug-likeness (QED) is 0.505. The Labute approximate surface area is 145 Å². The minimum Gasteiger partial charge on any atom is -0.252 e. The summed E-state index contributed by atoms with van der Waals surface area (Å²) in [6.07, 6.45) is -7.78. The lowest BCUT2D eigenvalue weighted by Gasteiger charge is -2.23. The number of hydrogen-bond donors (Lipinski definition) is 1. The normalized spacial score (nSPS) is 13.7. The van der Waals surface area contributed by atoms with Gasteiger partial charge in [0.2, 0.25) is 0 Å². The predicted molar refractivity (Wildman–Crippen MR) is 83.3 cm³/mol. The van der Waals surface area contributed by atoms with Crippen LogP contribution in [-0.2, 0) is 19.1 Å². The third-order valence-corrected chi connectivity index (χ3v) is 4.00. The van der Waals surface area contributed by atoms with Crippen LogP contribution in [0.15, 0.2) is 48.5 Å². The molecule has 2 rings (SSSR count). The van der Waals surface area contributed by atoms with E-state index in [2.05, 4.69) is 0 Å². The summed E-state index contributed by atoms with van der Waals surface area (Å²) in [6.45, 7) is -0.703. The van der Waals surface area contributed by atoms with Gasteiger partial charge in [-0.2, -0.15) is 22.0 Å². The zero-order valence-corrected chi connectivity index (χ0v) is 13.5. The van der Waals surface area contributed by atoms with Gasteiger partial charge in [-0.3, -0.25) is 5.32 Å². The number of benzene rings is 2. The number of alkyl halides is 6. The van der Waals surface area contributed by atoms with Crippen molar-refractivity contribution in [3.8, 4) is 0 Å². The van der Waals surface area contributed by atoms with Crippen molar-refractivity contribution < 1.29 is 26.3 Å². The van der Waals surface area contributed by atoms with Crippen molar-refractivity contribution in [2.45, 2.75) is 31.4 Å². The molecule has 0 spiro atoms. The molecular formula is C17H14ClF6N. The molecule has 0 radical (unpaired) electrons. The van der Waals surface area contributed by atoms with Crippen LogP contribution in [0.1, 0.15) is 16.7 Å². The molecule has 136 valence electrons. The Bertz CT molecular complexity index is 702. The molecule has 0 bridgehead atoms. The minimum absolute atomic E-state index is 0.192. The average Bonchev–Trinajstić information content (AvgIpc) is 2.53. The molecule has 1 unspecified atom stereocenters. The van der Waals surface area contributed by atoms with Gasteiger partial charge in [-0.15, -0.1) is 0 Å². The third kappa shape index (κ3) is 5.12. The summed E-state index contributed by atoms with van der Waals surface area (Å²) in [6, 6.07) is 6.92. The first-order chi connectivity index (χ1) is 11.6. The highest BCUT2D eigenvalue weighted by molar-refractivity contribution is 6.32. The van der Waals surface area contributed by atoms with E-state index < -0.39 is 41.9 Å². The van der Waals surface area contributed by atoms with E-state index in [1.165, 1.54) is 18.2 Å². The largest absolute Gasteiger partial charge is 0.417 e. The van der Waals surface area contributed by atoms with Crippen molar-refractivity contribution in [2.24, 2.45) is 0 Å². The maximum absolute atomic E-state index is 13.9. The molecule has 1 atom stereocenters. The first kappa shape index (κ1) is 19.6. The Morgan fingerprint density at radius 2 is 1.56 bits per heavy atom. The SMILES string of the molecule is FC(Cc1ccccc1)C(F)(F)NCc1cccc(C(F)(F)F)c1Cl. The van der Waals surface area contributed by atoms with Crippen LogP contribution < -0.4 is 5.32 Å². The fourth-order valence-corrected chi connectivity index (χ4v) is 2.51. The molecule has 2 aromatic rings. The van der Waals surface area contributed by atoms with Crippen molar-refractivity contribution in [3.05, 3.63) is 70.2 Å². The fraction of sp³-hybridized carbons (Fsp3) is 0.294. The monoisotopic (exact) mass is 381 g/mol. The molecule has 0 aliphatic carbocycles. The molecule has 1 nitrogen and oxygen atoms in total. The van der Waals surface area contributed by atoms with Crippen LogP contribution in [0.25, 0.3) is 0 Å². The summed E-state index contributed by atoms with van der Waals surface area (Å²) in [4.78, 5) is 0. The Kier molecular flexibility index (Phi) is 6.00. The van der Waals surface area contributed by atoms with Gasteiger partial charge in [-0.05, 0) is 17.2 Å². The van der Waals surface area contributed by atoms with Crippen LogP contribution in [0.2, 0.25) is 5.02 Å². The maximum atomic E-state index is 13.9. The second-order valence-electron chi connectivity index (χ2n) is 5.41. The maximum Gasteiger partial charge on any atom is 0.417 e. The van der Waals surface area contributed by atoms with Crippen LogP contribution >= 0.6 is 11.6 Å². The molecule has 8 heteroatoms. The molecule has 2 aromatic carbocycles. The predicted octanol–water partition coefficient (Wildman–Crippen LogP) is 5.62. The van der Waals surface area contributed by atoms with E-state index in [1.807, 2.05) is 0 Å². The van der Waals surface area contributed by atoms with E-state index in [0.717, 1.165) is 12.1 Å². The van der Waals surface area contributed by atoms with Crippen LogP contribution in [-0.4, -0.2) is 12.2 Å². The van der Waals surface area contributed by atoms with Crippen molar-refractivity contribution in [2.75, 3.05) is 0 Å². The standard InChI is InChI=1S/C17H14ClF6N/c18-15-12(7-4-8-13(15)16(20,21)22)10-25-17(23,24)14(19)9-11-5-2-1-3-6-11/h1-8,14,25H,9-10H2. The van der Waals surface area contributed by atoms with E-state index in [4.69, 9.17) is 11.6 Å². The topological polar surface area (TPSA) is 12.0 Å². The van der Waals surface area contributed by atoms with Crippen LogP contribution in [0.3, 0.4) is 0 Å². The van der Waals surface area contributed by atoms with Gasteiger partial charge >= 0.3 is 12.2 Å². The van der Waals surface area contributed by atoms with Crippen molar-refractivity contribution >= 4 is 11.6 Å². The van der Waals surface area contributed by atoms with Gasteiger partial charge in [-0.1, -0.05) is 54.1 Å². The second kappa shape index (κ2) is 7.66. The molecule has 0 amide bonds. The van der Waals surface area contributed by atoms with Gasteiger partial charge in [0.25, 0.3) is 0 Å². The number of halogens is 7. The van der Waals surface area contributed by atoms with Gasteiger partial charge in [0, 0.05) is 13.0 Å². The summed E-state index contributed by atoms with van der Waals surface area (Å²) in [5.41, 5.74) is -0.936. The summed E-state index contributed by atoms with van der Waals surface area (Å²) in [7, 11) is 0. The van der Waals surface area contributed by atoms with E-state index in [9.17, 15) is 26.3 Å². The van der Waals surface area contributed by atoms with Crippen LogP contribution in [0, 0.1) is 0 Å². The van der Waals surface area contributed by atoms with Gasteiger partial charge in [0.1, 0.15) is 0 Å². The third-order valence-electron chi connectivity index (χ3n) is 3.55. The highest BCUT2D eigenvalue weighted by Gasteiger charge is 2.40. The zero-order chi connectivity index (χ0) is 18.7. The Morgan fingerprint density at radius 1 is 0.920 bits per heavy atom. The van der Waals surface area contributed by atoms with E-state index >= 15 is 0 Å². The molecule has 0 fully saturated rings. The first-order valence-electron chi connectivity index (χ1n) is 7.26. The minimum atomic E-state index is -4.70. The molecule has 0 aromatic heterocycles. The Hall–Kier alpha value is -1.73. The highest BCUT2D eigenvalue weighted by atomic mass is 35.5. The molecule has 0 saturated heterocycles. The van der Waals surface area contributed by atoms with E-state index in [-0.39, 0.29) is 5.56 Å². The van der Waals surface area contributed by atoms with Crippen LogP contribution in [0.5, 0.6) is 0 Å². The molecule has 1 N–H and O–H groups in total. The Morgan fingerprint density at radius 3 is 2.16 bits per heavy atom. The van der Waals surface area contributed by atoms with Crippen molar-refractivity contribution in [1.29, 1.82) is 0 Å².